The van der Waals surface area contributed by atoms with Crippen molar-refractivity contribution in [2.45, 2.75) is 0 Å². The number of rotatable bonds is 2. The number of hydrogen-bond donors (Lipinski definition) is 1. The largest absolute Gasteiger partial charge is 0.357 e. The van der Waals surface area contributed by atoms with E-state index in [0.717, 1.165) is 0 Å². The van der Waals surface area contributed by atoms with Crippen LogP contribution in [0.15, 0.2) is 6.20 Å². The van der Waals surface area contributed by atoms with Crippen molar-refractivity contribution in [2.24, 2.45) is 14.1 Å². The average molecular weight is 193 g/mol. The van der Waals surface area contributed by atoms with Crippen LogP contribution >= 0.6 is 0 Å². The van der Waals surface area contributed by atoms with E-state index in [-0.39, 0.29) is 0 Å². The molecule has 0 bridgehead atoms. The van der Waals surface area contributed by atoms with Crippen molar-refractivity contribution in [1.82, 2.24) is 29.8 Å². The second-order valence-electron chi connectivity index (χ2n) is 2.93. The molecule has 7 heteroatoms. The number of nitrogens with one attached hydrogen (secondary N) is 1. The van der Waals surface area contributed by atoms with Gasteiger partial charge in [0.1, 0.15) is 0 Å². The van der Waals surface area contributed by atoms with Crippen molar-refractivity contribution in [3.63, 3.8) is 0 Å². The van der Waals surface area contributed by atoms with Gasteiger partial charge in [0.2, 0.25) is 5.95 Å². The zero-order chi connectivity index (χ0) is 10.1. The van der Waals surface area contributed by atoms with Gasteiger partial charge in [-0.25, -0.2) is 0 Å². The lowest BCUT2D eigenvalue weighted by Gasteiger charge is -1.98. The SMILES string of the molecule is CNc1nnc(-c2cn(C)nn2)n1C. The highest BCUT2D eigenvalue weighted by molar-refractivity contribution is 5.50. The van der Waals surface area contributed by atoms with Crippen LogP contribution in [0.3, 0.4) is 0 Å². The fraction of sp³-hybridized carbons (Fsp3) is 0.429. The lowest BCUT2D eigenvalue weighted by Crippen LogP contribution is -1.99. The van der Waals surface area contributed by atoms with E-state index in [1.165, 1.54) is 0 Å². The van der Waals surface area contributed by atoms with E-state index in [4.69, 9.17) is 0 Å². The van der Waals surface area contributed by atoms with Crippen molar-refractivity contribution >= 4 is 5.95 Å². The lowest BCUT2D eigenvalue weighted by atomic mass is 10.4. The highest BCUT2D eigenvalue weighted by atomic mass is 15.4. The summed E-state index contributed by atoms with van der Waals surface area (Å²) in [6, 6.07) is 0. The van der Waals surface area contributed by atoms with E-state index in [2.05, 4.69) is 25.8 Å². The molecule has 0 aliphatic heterocycles. The first-order chi connectivity index (χ1) is 6.72. The van der Waals surface area contributed by atoms with Crippen LogP contribution in [0.1, 0.15) is 0 Å². The molecule has 0 amide bonds. The fourth-order valence-electron chi connectivity index (χ4n) is 1.22. The molecule has 7 nitrogen and oxygen atoms in total. The molecule has 1 N–H and O–H groups in total. The summed E-state index contributed by atoms with van der Waals surface area (Å²) < 4.78 is 3.45. The molecule has 74 valence electrons. The fourth-order valence-corrected chi connectivity index (χ4v) is 1.22. The van der Waals surface area contributed by atoms with Crippen LogP contribution < -0.4 is 5.32 Å². The van der Waals surface area contributed by atoms with Gasteiger partial charge in [-0.2, -0.15) is 0 Å². The highest BCUT2D eigenvalue weighted by Gasteiger charge is 2.11. The molecule has 2 aromatic heterocycles. The first-order valence-corrected chi connectivity index (χ1v) is 4.16. The maximum absolute atomic E-state index is 4.00. The van der Waals surface area contributed by atoms with Crippen molar-refractivity contribution in [3.8, 4) is 11.5 Å². The third-order valence-electron chi connectivity index (χ3n) is 1.93. The minimum Gasteiger partial charge on any atom is -0.357 e. The second-order valence-corrected chi connectivity index (χ2v) is 2.93. The Balaban J connectivity index is 2.46. The monoisotopic (exact) mass is 193 g/mol. The van der Waals surface area contributed by atoms with Gasteiger partial charge in [0.15, 0.2) is 11.5 Å². The van der Waals surface area contributed by atoms with Gasteiger partial charge in [0.25, 0.3) is 0 Å². The molecule has 0 fully saturated rings. The topological polar surface area (TPSA) is 73.5 Å². The molecular formula is C7H11N7. The van der Waals surface area contributed by atoms with Crippen LogP contribution in [0.25, 0.3) is 11.5 Å². The maximum Gasteiger partial charge on any atom is 0.224 e. The highest BCUT2D eigenvalue weighted by Crippen LogP contribution is 2.14. The number of nitrogens with zero attached hydrogens (tertiary/aromatic N) is 6. The number of aryl methyl sites for hydroxylation is 1. The predicted octanol–water partition coefficient (Wildman–Crippen LogP) is -0.348. The summed E-state index contributed by atoms with van der Waals surface area (Å²) in [5, 5.41) is 18.7. The average Bonchev–Trinajstić information content (AvgIpc) is 2.72. The third kappa shape index (κ3) is 1.22. The summed E-state index contributed by atoms with van der Waals surface area (Å²) in [6.07, 6.45) is 1.80. The lowest BCUT2D eigenvalue weighted by molar-refractivity contribution is 0.715. The van der Waals surface area contributed by atoms with Crippen LogP contribution in [-0.2, 0) is 14.1 Å². The zero-order valence-electron chi connectivity index (χ0n) is 8.26. The number of aromatic nitrogens is 6. The van der Waals surface area contributed by atoms with Crippen LogP contribution in [-0.4, -0.2) is 36.8 Å². The summed E-state index contributed by atoms with van der Waals surface area (Å²) in [6.45, 7) is 0. The minimum absolute atomic E-state index is 0.697. The van der Waals surface area contributed by atoms with Gasteiger partial charge in [-0.15, -0.1) is 15.3 Å². The van der Waals surface area contributed by atoms with Crippen molar-refractivity contribution < 1.29 is 0 Å². The Labute approximate surface area is 80.8 Å². The van der Waals surface area contributed by atoms with Crippen LogP contribution in [0.5, 0.6) is 0 Å². The third-order valence-corrected chi connectivity index (χ3v) is 1.93. The van der Waals surface area contributed by atoms with E-state index in [9.17, 15) is 0 Å². The molecule has 0 saturated carbocycles. The maximum atomic E-state index is 4.00. The van der Waals surface area contributed by atoms with Crippen LogP contribution in [0.2, 0.25) is 0 Å². The van der Waals surface area contributed by atoms with Crippen molar-refractivity contribution in [2.75, 3.05) is 12.4 Å². The van der Waals surface area contributed by atoms with Crippen LogP contribution in [0, 0.1) is 0 Å². The molecule has 2 rings (SSSR count). The van der Waals surface area contributed by atoms with Gasteiger partial charge in [-0.05, 0) is 0 Å². The Kier molecular flexibility index (Phi) is 1.91. The summed E-state index contributed by atoms with van der Waals surface area (Å²) in [5.41, 5.74) is 0.712. The van der Waals surface area contributed by atoms with Crippen LogP contribution in [0.4, 0.5) is 5.95 Å². The van der Waals surface area contributed by atoms with Gasteiger partial charge in [0, 0.05) is 21.1 Å². The van der Waals surface area contributed by atoms with E-state index in [1.807, 2.05) is 18.7 Å². The van der Waals surface area contributed by atoms with Crippen molar-refractivity contribution in [1.29, 1.82) is 0 Å². The van der Waals surface area contributed by atoms with Gasteiger partial charge in [-0.1, -0.05) is 5.21 Å². The zero-order valence-corrected chi connectivity index (χ0v) is 8.26. The molecule has 14 heavy (non-hydrogen) atoms. The molecule has 0 unspecified atom stereocenters. The summed E-state index contributed by atoms with van der Waals surface area (Å²) >= 11 is 0. The Morgan fingerprint density at radius 2 is 2.00 bits per heavy atom. The standard InChI is InChI=1S/C7H11N7/c1-8-7-11-10-6(14(7)3)5-4-13(2)12-9-5/h4H,1-3H3,(H,8,11). The molecule has 0 aromatic carbocycles. The normalized spacial score (nSPS) is 10.5. The number of hydrogen-bond acceptors (Lipinski definition) is 5. The molecule has 0 saturated heterocycles. The molecular weight excluding hydrogens is 182 g/mol. The molecule has 2 aromatic rings. The smallest absolute Gasteiger partial charge is 0.224 e. The Morgan fingerprint density at radius 3 is 2.50 bits per heavy atom. The van der Waals surface area contributed by atoms with Gasteiger partial charge in [0.05, 0.1) is 6.20 Å². The van der Waals surface area contributed by atoms with E-state index in [0.29, 0.717) is 17.5 Å². The number of anilines is 1. The Bertz CT molecular complexity index is 441. The molecule has 0 atom stereocenters. The molecule has 0 aliphatic carbocycles. The Morgan fingerprint density at radius 1 is 1.21 bits per heavy atom. The predicted molar refractivity (Wildman–Crippen MR) is 50.5 cm³/mol. The molecule has 0 aliphatic rings. The Hall–Kier alpha value is -1.92. The summed E-state index contributed by atoms with van der Waals surface area (Å²) in [4.78, 5) is 0. The van der Waals surface area contributed by atoms with E-state index >= 15 is 0 Å². The minimum atomic E-state index is 0.697. The molecule has 0 spiro atoms. The van der Waals surface area contributed by atoms with Gasteiger partial charge < -0.3 is 5.32 Å². The summed E-state index contributed by atoms with van der Waals surface area (Å²) in [7, 11) is 5.48. The van der Waals surface area contributed by atoms with E-state index < -0.39 is 0 Å². The van der Waals surface area contributed by atoms with E-state index in [1.54, 1.807) is 17.9 Å². The summed E-state index contributed by atoms with van der Waals surface area (Å²) in [5.74, 6) is 1.40. The van der Waals surface area contributed by atoms with Gasteiger partial charge >= 0.3 is 0 Å². The second kappa shape index (κ2) is 3.09. The first-order valence-electron chi connectivity index (χ1n) is 4.16. The molecule has 2 heterocycles. The van der Waals surface area contributed by atoms with Crippen molar-refractivity contribution in [3.05, 3.63) is 6.20 Å². The molecule has 0 radical (unpaired) electrons. The quantitative estimate of drug-likeness (QED) is 0.705. The first kappa shape index (κ1) is 8.67. The van der Waals surface area contributed by atoms with Gasteiger partial charge in [-0.3, -0.25) is 9.25 Å².